The Balaban J connectivity index is 2.72. The van der Waals surface area contributed by atoms with E-state index in [4.69, 9.17) is 15.4 Å². The highest BCUT2D eigenvalue weighted by molar-refractivity contribution is 7.31. The van der Waals surface area contributed by atoms with Crippen LogP contribution in [0.3, 0.4) is 0 Å². The Morgan fingerprint density at radius 1 is 1.79 bits per heavy atom. The molecular weight excluding hydrogens is 195 g/mol. The summed E-state index contributed by atoms with van der Waals surface area (Å²) in [5, 5.41) is 0. The molecule has 0 aliphatic carbocycles. The Morgan fingerprint density at radius 2 is 2.57 bits per heavy atom. The van der Waals surface area contributed by atoms with E-state index in [0.717, 1.165) is 11.1 Å². The molecular formula is C11H13O2P. The van der Waals surface area contributed by atoms with E-state index < -0.39 is 0 Å². The van der Waals surface area contributed by atoms with Gasteiger partial charge in [-0.25, -0.2) is 0 Å². The van der Waals surface area contributed by atoms with Gasteiger partial charge in [0.15, 0.2) is 0 Å². The summed E-state index contributed by atoms with van der Waals surface area (Å²) in [6, 6.07) is 1.88. The third kappa shape index (κ3) is 3.03. The third-order valence-electron chi connectivity index (χ3n) is 1.74. The van der Waals surface area contributed by atoms with Gasteiger partial charge >= 0.3 is 0 Å². The summed E-state index contributed by atoms with van der Waals surface area (Å²) >= 11 is 0. The molecule has 0 bridgehead atoms. The average molecular weight is 208 g/mol. The van der Waals surface area contributed by atoms with Crippen LogP contribution in [0.5, 0.6) is 0 Å². The quantitative estimate of drug-likeness (QED) is 0.560. The first kappa shape index (κ1) is 11.0. The maximum Gasteiger partial charge on any atom is 0.143 e. The molecule has 1 heterocycles. The van der Waals surface area contributed by atoms with Crippen LogP contribution in [0.15, 0.2) is 28.6 Å². The number of rotatable bonds is 4. The first-order valence-electron chi connectivity index (χ1n) is 4.27. The average Bonchev–Trinajstić information content (AvgIpc) is 2.66. The van der Waals surface area contributed by atoms with Crippen molar-refractivity contribution in [1.29, 1.82) is 0 Å². The fraction of sp³-hybridized carbons (Fsp3) is 0.273. The number of furan rings is 1. The summed E-state index contributed by atoms with van der Waals surface area (Å²) in [7, 11) is 0.399. The summed E-state index contributed by atoms with van der Waals surface area (Å²) < 4.78 is 10.3. The Bertz CT molecular complexity index is 333. The highest BCUT2D eigenvalue weighted by Gasteiger charge is 2.06. The molecule has 1 aromatic heterocycles. The number of hydrogen-bond donors (Lipinski definition) is 0. The second-order valence-electron chi connectivity index (χ2n) is 2.81. The molecule has 0 aliphatic rings. The van der Waals surface area contributed by atoms with Crippen molar-refractivity contribution in [3.63, 3.8) is 0 Å². The zero-order valence-corrected chi connectivity index (χ0v) is 9.28. The minimum atomic E-state index is -0.228. The number of hydrogen-bond acceptors (Lipinski definition) is 2. The van der Waals surface area contributed by atoms with E-state index in [2.05, 4.69) is 5.92 Å². The Kier molecular flexibility index (Phi) is 4.46. The standard InChI is InChI=1S/C11H13O2P/c1-4-11(13-14-3)9(2)7-10-5-6-12-8-10/h1,5-8,11,14H,2-3H3/b9-7+. The fourth-order valence-corrected chi connectivity index (χ4v) is 1.56. The van der Waals surface area contributed by atoms with E-state index in [-0.39, 0.29) is 6.10 Å². The molecule has 0 aliphatic heterocycles. The molecule has 0 spiro atoms. The summed E-state index contributed by atoms with van der Waals surface area (Å²) in [6.07, 6.45) is 10.4. The van der Waals surface area contributed by atoms with E-state index in [1.54, 1.807) is 12.5 Å². The van der Waals surface area contributed by atoms with Crippen LogP contribution in [-0.4, -0.2) is 12.8 Å². The molecule has 0 saturated heterocycles. The van der Waals surface area contributed by atoms with Crippen LogP contribution in [-0.2, 0) is 4.52 Å². The van der Waals surface area contributed by atoms with Crippen molar-refractivity contribution in [3.05, 3.63) is 29.7 Å². The first-order valence-corrected chi connectivity index (χ1v) is 5.67. The zero-order valence-electron chi connectivity index (χ0n) is 8.28. The highest BCUT2D eigenvalue weighted by Crippen LogP contribution is 2.18. The van der Waals surface area contributed by atoms with E-state index >= 15 is 0 Å². The van der Waals surface area contributed by atoms with Crippen LogP contribution in [0.4, 0.5) is 0 Å². The van der Waals surface area contributed by atoms with Gasteiger partial charge in [-0.15, -0.1) is 6.42 Å². The largest absolute Gasteiger partial charge is 0.472 e. The van der Waals surface area contributed by atoms with E-state index in [1.165, 1.54) is 0 Å². The topological polar surface area (TPSA) is 22.4 Å². The maximum absolute atomic E-state index is 5.39. The molecule has 0 radical (unpaired) electrons. The van der Waals surface area contributed by atoms with Gasteiger partial charge in [-0.05, 0) is 31.3 Å². The van der Waals surface area contributed by atoms with Crippen LogP contribution in [0, 0.1) is 12.3 Å². The van der Waals surface area contributed by atoms with Crippen LogP contribution in [0.25, 0.3) is 6.08 Å². The second kappa shape index (κ2) is 5.65. The molecule has 3 heteroatoms. The van der Waals surface area contributed by atoms with Crippen molar-refractivity contribution in [1.82, 2.24) is 0 Å². The predicted molar refractivity (Wildman–Crippen MR) is 60.3 cm³/mol. The summed E-state index contributed by atoms with van der Waals surface area (Å²) in [5.41, 5.74) is 2.02. The minimum absolute atomic E-state index is 0.228. The van der Waals surface area contributed by atoms with Crippen molar-refractivity contribution < 1.29 is 8.94 Å². The van der Waals surface area contributed by atoms with E-state index in [1.807, 2.05) is 25.7 Å². The van der Waals surface area contributed by atoms with Crippen molar-refractivity contribution in [3.8, 4) is 12.3 Å². The molecule has 0 aromatic carbocycles. The number of terminal acetylenes is 1. The van der Waals surface area contributed by atoms with Crippen molar-refractivity contribution in [2.24, 2.45) is 0 Å². The molecule has 2 atom stereocenters. The van der Waals surface area contributed by atoms with Crippen LogP contribution in [0.2, 0.25) is 0 Å². The lowest BCUT2D eigenvalue weighted by molar-refractivity contribution is 0.340. The molecule has 0 saturated carbocycles. The summed E-state index contributed by atoms with van der Waals surface area (Å²) in [5.74, 6) is 2.60. The molecule has 0 N–H and O–H groups in total. The summed E-state index contributed by atoms with van der Waals surface area (Å²) in [6.45, 7) is 3.91. The van der Waals surface area contributed by atoms with Gasteiger partial charge < -0.3 is 8.94 Å². The third-order valence-corrected chi connectivity index (χ3v) is 2.21. The van der Waals surface area contributed by atoms with Gasteiger partial charge in [0.25, 0.3) is 0 Å². The van der Waals surface area contributed by atoms with Gasteiger partial charge in [-0.3, -0.25) is 0 Å². The lowest BCUT2D eigenvalue weighted by Crippen LogP contribution is -2.06. The van der Waals surface area contributed by atoms with Crippen LogP contribution in [0.1, 0.15) is 12.5 Å². The predicted octanol–water partition coefficient (Wildman–Crippen LogP) is 2.92. The highest BCUT2D eigenvalue weighted by atomic mass is 31.1. The molecule has 14 heavy (non-hydrogen) atoms. The smallest absolute Gasteiger partial charge is 0.143 e. The van der Waals surface area contributed by atoms with E-state index in [0.29, 0.717) is 8.81 Å². The normalized spacial score (nSPS) is 14.5. The second-order valence-corrected chi connectivity index (χ2v) is 3.46. The van der Waals surface area contributed by atoms with Gasteiger partial charge in [0.1, 0.15) is 6.10 Å². The Labute approximate surface area is 86.2 Å². The minimum Gasteiger partial charge on any atom is -0.472 e. The van der Waals surface area contributed by atoms with Gasteiger partial charge in [0, 0.05) is 14.4 Å². The molecule has 1 aromatic rings. The SMILES string of the molecule is C#CC(OPC)/C(C)=C/c1ccoc1. The fourth-order valence-electron chi connectivity index (χ4n) is 1.07. The van der Waals surface area contributed by atoms with Gasteiger partial charge in [-0.1, -0.05) is 5.92 Å². The molecule has 2 unspecified atom stereocenters. The van der Waals surface area contributed by atoms with Gasteiger partial charge in [-0.2, -0.15) is 0 Å². The first-order chi connectivity index (χ1) is 6.77. The molecule has 74 valence electrons. The Morgan fingerprint density at radius 3 is 3.07 bits per heavy atom. The van der Waals surface area contributed by atoms with Crippen LogP contribution < -0.4 is 0 Å². The van der Waals surface area contributed by atoms with E-state index in [9.17, 15) is 0 Å². The van der Waals surface area contributed by atoms with Crippen molar-refractivity contribution in [2.45, 2.75) is 13.0 Å². The maximum atomic E-state index is 5.39. The van der Waals surface area contributed by atoms with Gasteiger partial charge in [0.05, 0.1) is 12.5 Å². The Hall–Kier alpha value is -1.03. The summed E-state index contributed by atoms with van der Waals surface area (Å²) in [4.78, 5) is 0. The monoisotopic (exact) mass is 208 g/mol. The zero-order chi connectivity index (χ0) is 10.4. The lowest BCUT2D eigenvalue weighted by Gasteiger charge is -2.10. The van der Waals surface area contributed by atoms with Crippen molar-refractivity contribution in [2.75, 3.05) is 6.66 Å². The van der Waals surface area contributed by atoms with Gasteiger partial charge in [0.2, 0.25) is 0 Å². The molecule has 0 fully saturated rings. The lowest BCUT2D eigenvalue weighted by atomic mass is 10.1. The van der Waals surface area contributed by atoms with Crippen molar-refractivity contribution >= 4 is 14.9 Å². The van der Waals surface area contributed by atoms with Crippen LogP contribution >= 0.6 is 8.81 Å². The molecule has 1 rings (SSSR count). The molecule has 0 amide bonds. The molecule has 2 nitrogen and oxygen atoms in total.